The molecule has 4 fully saturated rings. The average molecular weight is 425 g/mol. The summed E-state index contributed by atoms with van der Waals surface area (Å²) in [5.41, 5.74) is 2.05. The van der Waals surface area contributed by atoms with Crippen LogP contribution in [-0.2, 0) is 11.2 Å². The third kappa shape index (κ3) is 4.10. The molecule has 2 saturated heterocycles. The van der Waals surface area contributed by atoms with Crippen molar-refractivity contribution >= 4 is 5.91 Å². The third-order valence-corrected chi connectivity index (χ3v) is 8.49. The van der Waals surface area contributed by atoms with Gasteiger partial charge in [0, 0.05) is 12.5 Å². The van der Waals surface area contributed by atoms with E-state index < -0.39 is 6.04 Å². The Hall–Kier alpha value is -1.97. The number of nitrogens with zero attached hydrogens (tertiary/aromatic N) is 2. The number of carbonyl (C=O) groups excluding carboxylic acids is 1. The third-order valence-electron chi connectivity index (χ3n) is 8.49. The maximum Gasteiger partial charge on any atom is 0.238 e. The Bertz CT molecular complexity index is 880. The van der Waals surface area contributed by atoms with Gasteiger partial charge in [0.25, 0.3) is 0 Å². The number of carbonyl (C=O) groups is 1. The SMILES string of the molecule is CN1CCC2(CC1)CC(c1ccc(C[C@@H](C#N)NC(=O)[C@H]3N[C@@H]4CC[C@H]3C4)c(F)c1)C2. The summed E-state index contributed by atoms with van der Waals surface area (Å²) in [6, 6.07) is 7.18. The summed E-state index contributed by atoms with van der Waals surface area (Å²) in [6.07, 6.45) is 8.28. The van der Waals surface area contributed by atoms with Crippen molar-refractivity contribution in [3.63, 3.8) is 0 Å². The molecule has 0 aromatic heterocycles. The van der Waals surface area contributed by atoms with Crippen molar-refractivity contribution in [1.82, 2.24) is 15.5 Å². The molecule has 2 heterocycles. The standard InChI is InChI=1S/C25H33FN4O/c1-30-8-6-25(7-9-30)13-19(14-25)16-2-3-17(22(26)12-16)10-21(15-27)29-24(31)23-18-4-5-20(11-18)28-23/h2-3,12,18-21,23,28H,4-11,13-14H2,1H3,(H,29,31)/t18-,20+,21-,23-/m0/s1. The van der Waals surface area contributed by atoms with Crippen LogP contribution in [0.4, 0.5) is 4.39 Å². The molecule has 1 aromatic carbocycles. The summed E-state index contributed by atoms with van der Waals surface area (Å²) in [5.74, 6) is 0.445. The van der Waals surface area contributed by atoms with Crippen LogP contribution >= 0.6 is 0 Å². The van der Waals surface area contributed by atoms with E-state index in [2.05, 4.69) is 28.7 Å². The quantitative estimate of drug-likeness (QED) is 0.762. The predicted octanol–water partition coefficient (Wildman–Crippen LogP) is 3.11. The monoisotopic (exact) mass is 424 g/mol. The zero-order valence-electron chi connectivity index (χ0n) is 18.4. The largest absolute Gasteiger partial charge is 0.339 e. The molecule has 2 aliphatic heterocycles. The van der Waals surface area contributed by atoms with Crippen LogP contribution in [0.2, 0.25) is 0 Å². The fourth-order valence-corrected chi connectivity index (χ4v) is 6.47. The molecule has 0 radical (unpaired) electrons. The number of nitrogens with one attached hydrogen (secondary N) is 2. The van der Waals surface area contributed by atoms with Gasteiger partial charge in [-0.15, -0.1) is 0 Å². The maximum absolute atomic E-state index is 14.9. The maximum atomic E-state index is 14.9. The number of halogens is 1. The van der Waals surface area contributed by atoms with Crippen LogP contribution in [0.3, 0.4) is 0 Å². The summed E-state index contributed by atoms with van der Waals surface area (Å²) in [6.45, 7) is 2.33. The Morgan fingerprint density at radius 1 is 1.35 bits per heavy atom. The highest BCUT2D eigenvalue weighted by atomic mass is 19.1. The Morgan fingerprint density at radius 2 is 2.13 bits per heavy atom. The van der Waals surface area contributed by atoms with E-state index in [0.717, 1.165) is 37.7 Å². The average Bonchev–Trinajstić information content (AvgIpc) is 3.37. The molecule has 4 atom stereocenters. The first-order valence-corrected chi connectivity index (χ1v) is 11.9. The van der Waals surface area contributed by atoms with Crippen LogP contribution in [0.5, 0.6) is 0 Å². The molecule has 4 aliphatic rings. The van der Waals surface area contributed by atoms with Crippen LogP contribution in [-0.4, -0.2) is 49.1 Å². The van der Waals surface area contributed by atoms with Crippen molar-refractivity contribution in [3.05, 3.63) is 35.1 Å². The Balaban J connectivity index is 1.17. The molecular formula is C25H33FN4O. The Morgan fingerprint density at radius 3 is 2.74 bits per heavy atom. The summed E-state index contributed by atoms with van der Waals surface area (Å²) in [4.78, 5) is 15.0. The van der Waals surface area contributed by atoms with E-state index in [1.54, 1.807) is 6.07 Å². The zero-order chi connectivity index (χ0) is 21.6. The van der Waals surface area contributed by atoms with Gasteiger partial charge in [0.2, 0.25) is 5.91 Å². The van der Waals surface area contributed by atoms with Crippen LogP contribution in [0.15, 0.2) is 18.2 Å². The molecule has 0 unspecified atom stereocenters. The fraction of sp³-hybridized carbons (Fsp3) is 0.680. The number of hydrogen-bond acceptors (Lipinski definition) is 4. The van der Waals surface area contributed by atoms with E-state index in [9.17, 15) is 14.4 Å². The topological polar surface area (TPSA) is 68.2 Å². The van der Waals surface area contributed by atoms with E-state index in [0.29, 0.717) is 28.9 Å². The second-order valence-electron chi connectivity index (χ2n) is 10.6. The van der Waals surface area contributed by atoms with Gasteiger partial charge in [-0.2, -0.15) is 5.26 Å². The molecule has 5 rings (SSSR count). The molecule has 1 spiro atoms. The van der Waals surface area contributed by atoms with Gasteiger partial charge >= 0.3 is 0 Å². The smallest absolute Gasteiger partial charge is 0.238 e. The first kappa shape index (κ1) is 20.9. The molecule has 6 heteroatoms. The molecule has 1 amide bonds. The first-order chi connectivity index (χ1) is 14.9. The predicted molar refractivity (Wildman–Crippen MR) is 117 cm³/mol. The first-order valence-electron chi connectivity index (χ1n) is 11.9. The van der Waals surface area contributed by atoms with Crippen molar-refractivity contribution in [2.75, 3.05) is 20.1 Å². The highest BCUT2D eigenvalue weighted by Gasteiger charge is 2.46. The summed E-state index contributed by atoms with van der Waals surface area (Å²) >= 11 is 0. The van der Waals surface area contributed by atoms with Gasteiger partial charge in [-0.25, -0.2) is 4.39 Å². The lowest BCUT2D eigenvalue weighted by molar-refractivity contribution is -0.124. The lowest BCUT2D eigenvalue weighted by atomic mass is 9.56. The minimum Gasteiger partial charge on any atom is -0.339 e. The number of fused-ring (bicyclic) bond motifs is 2. The van der Waals surface area contributed by atoms with Crippen molar-refractivity contribution in [2.45, 2.75) is 75.4 Å². The van der Waals surface area contributed by atoms with Crippen molar-refractivity contribution in [1.29, 1.82) is 5.26 Å². The van der Waals surface area contributed by atoms with Crippen LogP contribution in [0, 0.1) is 28.5 Å². The number of nitriles is 1. The van der Waals surface area contributed by atoms with E-state index in [1.807, 2.05) is 12.1 Å². The molecule has 2 saturated carbocycles. The number of likely N-dealkylation sites (tertiary alicyclic amines) is 1. The van der Waals surface area contributed by atoms with Gasteiger partial charge in [-0.1, -0.05) is 12.1 Å². The molecule has 31 heavy (non-hydrogen) atoms. The van der Waals surface area contributed by atoms with E-state index in [1.165, 1.54) is 25.9 Å². The highest BCUT2D eigenvalue weighted by molar-refractivity contribution is 5.83. The van der Waals surface area contributed by atoms with Gasteiger partial charge in [-0.3, -0.25) is 4.79 Å². The summed E-state index contributed by atoms with van der Waals surface area (Å²) in [5, 5.41) is 15.7. The van der Waals surface area contributed by atoms with Crippen molar-refractivity contribution < 1.29 is 9.18 Å². The van der Waals surface area contributed by atoms with Crippen LogP contribution in [0.25, 0.3) is 0 Å². The van der Waals surface area contributed by atoms with Crippen LogP contribution in [0.1, 0.15) is 62.0 Å². The van der Waals surface area contributed by atoms with Crippen molar-refractivity contribution in [2.24, 2.45) is 11.3 Å². The molecule has 2 aliphatic carbocycles. The zero-order valence-corrected chi connectivity index (χ0v) is 18.4. The van der Waals surface area contributed by atoms with Gasteiger partial charge in [0.1, 0.15) is 11.9 Å². The molecule has 2 N–H and O–H groups in total. The Labute approximate surface area is 184 Å². The number of hydrogen-bond donors (Lipinski definition) is 2. The van der Waals surface area contributed by atoms with Gasteiger partial charge < -0.3 is 15.5 Å². The molecule has 5 nitrogen and oxygen atoms in total. The molecular weight excluding hydrogens is 391 g/mol. The minimum absolute atomic E-state index is 0.117. The number of rotatable bonds is 5. The normalized spacial score (nSPS) is 30.7. The van der Waals surface area contributed by atoms with Gasteiger partial charge in [0.15, 0.2) is 0 Å². The van der Waals surface area contributed by atoms with E-state index >= 15 is 0 Å². The van der Waals surface area contributed by atoms with Gasteiger partial charge in [-0.05, 0) is 99.5 Å². The number of amides is 1. The summed E-state index contributed by atoms with van der Waals surface area (Å²) in [7, 11) is 2.18. The Kier molecular flexibility index (Phi) is 5.52. The summed E-state index contributed by atoms with van der Waals surface area (Å²) < 4.78 is 14.9. The second-order valence-corrected chi connectivity index (χ2v) is 10.6. The lowest BCUT2D eigenvalue weighted by Gasteiger charge is -2.52. The minimum atomic E-state index is -0.708. The molecule has 2 bridgehead atoms. The lowest BCUT2D eigenvalue weighted by Crippen LogP contribution is -2.50. The van der Waals surface area contributed by atoms with Gasteiger partial charge in [0.05, 0.1) is 12.1 Å². The number of benzene rings is 1. The number of piperidine rings is 2. The van der Waals surface area contributed by atoms with E-state index in [-0.39, 0.29) is 24.2 Å². The van der Waals surface area contributed by atoms with Crippen molar-refractivity contribution in [3.8, 4) is 6.07 Å². The molecule has 1 aromatic rings. The van der Waals surface area contributed by atoms with E-state index in [4.69, 9.17) is 0 Å². The highest BCUT2D eigenvalue weighted by Crippen LogP contribution is 2.56. The fourth-order valence-electron chi connectivity index (χ4n) is 6.47. The van der Waals surface area contributed by atoms with Crippen LogP contribution < -0.4 is 10.6 Å². The molecule has 166 valence electrons. The second kappa shape index (κ2) is 8.18.